The number of hydrogen-bond donors (Lipinski definition) is 2. The summed E-state index contributed by atoms with van der Waals surface area (Å²) in [5.41, 5.74) is 6.98. The van der Waals surface area contributed by atoms with Gasteiger partial charge in [-0.25, -0.2) is 0 Å². The maximum absolute atomic E-state index is 11.7. The quantitative estimate of drug-likeness (QED) is 0.769. The molecule has 0 bridgehead atoms. The Hall–Kier alpha value is -1.42. The molecule has 3 N–H and O–H groups in total. The largest absolute Gasteiger partial charge is 0.349 e. The van der Waals surface area contributed by atoms with Crippen molar-refractivity contribution in [2.24, 2.45) is 5.73 Å². The molecule has 4 heteroatoms. The van der Waals surface area contributed by atoms with Gasteiger partial charge in [0.05, 0.1) is 5.56 Å². The van der Waals surface area contributed by atoms with Gasteiger partial charge in [-0.2, -0.15) is 0 Å². The molecule has 1 heterocycles. The van der Waals surface area contributed by atoms with Crippen LogP contribution in [-0.4, -0.2) is 23.5 Å². The van der Waals surface area contributed by atoms with Crippen LogP contribution >= 0.6 is 0 Å². The molecule has 0 aliphatic heterocycles. The first-order valence-corrected chi connectivity index (χ1v) is 5.06. The van der Waals surface area contributed by atoms with Crippen molar-refractivity contribution in [2.75, 3.05) is 6.54 Å². The van der Waals surface area contributed by atoms with Gasteiger partial charge in [0.2, 0.25) is 0 Å². The molecule has 15 heavy (non-hydrogen) atoms. The topological polar surface area (TPSA) is 68.0 Å². The van der Waals surface area contributed by atoms with E-state index in [4.69, 9.17) is 5.73 Å². The lowest BCUT2D eigenvalue weighted by atomic mass is 10.2. The van der Waals surface area contributed by atoms with E-state index in [0.29, 0.717) is 12.1 Å². The zero-order valence-electron chi connectivity index (χ0n) is 9.16. The fourth-order valence-electron chi connectivity index (χ4n) is 1.31. The average molecular weight is 207 g/mol. The number of aryl methyl sites for hydroxylation is 1. The van der Waals surface area contributed by atoms with Crippen LogP contribution in [0.5, 0.6) is 0 Å². The Balaban J connectivity index is 2.61. The molecule has 0 aliphatic carbocycles. The molecule has 1 aromatic rings. The van der Waals surface area contributed by atoms with Gasteiger partial charge in [0.15, 0.2) is 0 Å². The summed E-state index contributed by atoms with van der Waals surface area (Å²) in [5, 5.41) is 2.87. The third-order valence-electron chi connectivity index (χ3n) is 2.11. The molecule has 1 unspecified atom stereocenters. The van der Waals surface area contributed by atoms with Gasteiger partial charge in [-0.1, -0.05) is 0 Å². The highest BCUT2D eigenvalue weighted by Gasteiger charge is 2.09. The first kappa shape index (κ1) is 11.7. The minimum atomic E-state index is -0.0906. The number of carbonyl (C=O) groups excluding carboxylic acids is 1. The number of nitrogens with one attached hydrogen (secondary N) is 1. The minimum Gasteiger partial charge on any atom is -0.349 e. The van der Waals surface area contributed by atoms with Crippen LogP contribution in [0, 0.1) is 6.92 Å². The molecule has 82 valence electrons. The van der Waals surface area contributed by atoms with Crippen LogP contribution in [0.3, 0.4) is 0 Å². The lowest BCUT2D eigenvalue weighted by Gasteiger charge is -2.12. The Morgan fingerprint density at radius 1 is 1.60 bits per heavy atom. The number of nitrogens with two attached hydrogens (primary N) is 1. The second-order valence-electron chi connectivity index (χ2n) is 3.70. The number of nitrogens with zero attached hydrogens (tertiary/aromatic N) is 1. The number of hydrogen-bond acceptors (Lipinski definition) is 3. The highest BCUT2D eigenvalue weighted by molar-refractivity contribution is 5.94. The number of pyridine rings is 1. The lowest BCUT2D eigenvalue weighted by molar-refractivity contribution is 0.0938. The van der Waals surface area contributed by atoms with E-state index in [1.807, 2.05) is 19.9 Å². The van der Waals surface area contributed by atoms with Crippen LogP contribution in [0.4, 0.5) is 0 Å². The van der Waals surface area contributed by atoms with Crippen LogP contribution in [0.15, 0.2) is 18.5 Å². The average Bonchev–Trinajstić information content (AvgIpc) is 2.18. The van der Waals surface area contributed by atoms with Gasteiger partial charge in [-0.05, 0) is 38.4 Å². The maximum atomic E-state index is 11.7. The van der Waals surface area contributed by atoms with E-state index >= 15 is 0 Å². The molecule has 1 aromatic heterocycles. The van der Waals surface area contributed by atoms with Gasteiger partial charge < -0.3 is 11.1 Å². The van der Waals surface area contributed by atoms with Crippen LogP contribution in [-0.2, 0) is 0 Å². The van der Waals surface area contributed by atoms with Crippen molar-refractivity contribution in [2.45, 2.75) is 26.3 Å². The van der Waals surface area contributed by atoms with Crippen molar-refractivity contribution in [3.63, 3.8) is 0 Å². The summed E-state index contributed by atoms with van der Waals surface area (Å²) >= 11 is 0. The highest BCUT2D eigenvalue weighted by atomic mass is 16.1. The van der Waals surface area contributed by atoms with Crippen LogP contribution in [0.25, 0.3) is 0 Å². The molecule has 4 nitrogen and oxygen atoms in total. The molecular formula is C11H17N3O. The summed E-state index contributed by atoms with van der Waals surface area (Å²) < 4.78 is 0. The normalized spacial score (nSPS) is 12.2. The molecular weight excluding hydrogens is 190 g/mol. The van der Waals surface area contributed by atoms with Gasteiger partial charge >= 0.3 is 0 Å². The molecule has 0 spiro atoms. The first-order chi connectivity index (χ1) is 7.13. The lowest BCUT2D eigenvalue weighted by Crippen LogP contribution is -2.34. The van der Waals surface area contributed by atoms with E-state index < -0.39 is 0 Å². The van der Waals surface area contributed by atoms with E-state index in [1.165, 1.54) is 0 Å². The SMILES string of the molecule is Cc1cncc(C(=O)NC(C)CCN)c1. The molecule has 1 rings (SSSR count). The van der Waals surface area contributed by atoms with Crippen LogP contribution < -0.4 is 11.1 Å². The molecule has 0 fully saturated rings. The van der Waals surface area contributed by atoms with E-state index in [2.05, 4.69) is 10.3 Å². The van der Waals surface area contributed by atoms with E-state index in [1.54, 1.807) is 12.4 Å². The predicted molar refractivity (Wildman–Crippen MR) is 59.6 cm³/mol. The number of aromatic nitrogens is 1. The van der Waals surface area contributed by atoms with Crippen molar-refractivity contribution in [3.05, 3.63) is 29.6 Å². The standard InChI is InChI=1S/C11H17N3O/c1-8-5-10(7-13-6-8)11(15)14-9(2)3-4-12/h5-7,9H,3-4,12H2,1-2H3,(H,14,15). The van der Waals surface area contributed by atoms with Crippen molar-refractivity contribution in [1.82, 2.24) is 10.3 Å². The Bertz CT molecular complexity index is 338. The van der Waals surface area contributed by atoms with E-state index in [-0.39, 0.29) is 11.9 Å². The summed E-state index contributed by atoms with van der Waals surface area (Å²) in [7, 11) is 0. The zero-order valence-corrected chi connectivity index (χ0v) is 9.16. The fourth-order valence-corrected chi connectivity index (χ4v) is 1.31. The van der Waals surface area contributed by atoms with E-state index in [0.717, 1.165) is 12.0 Å². The van der Waals surface area contributed by atoms with Crippen molar-refractivity contribution < 1.29 is 4.79 Å². The van der Waals surface area contributed by atoms with Gasteiger partial charge in [-0.3, -0.25) is 9.78 Å². The van der Waals surface area contributed by atoms with E-state index in [9.17, 15) is 4.79 Å². The van der Waals surface area contributed by atoms with Crippen molar-refractivity contribution >= 4 is 5.91 Å². The first-order valence-electron chi connectivity index (χ1n) is 5.06. The third-order valence-corrected chi connectivity index (χ3v) is 2.11. The monoisotopic (exact) mass is 207 g/mol. The number of carbonyl (C=O) groups is 1. The van der Waals surface area contributed by atoms with Crippen molar-refractivity contribution in [3.8, 4) is 0 Å². The summed E-state index contributed by atoms with van der Waals surface area (Å²) in [6, 6.07) is 1.92. The molecule has 1 amide bonds. The molecule has 0 aliphatic rings. The van der Waals surface area contributed by atoms with Crippen LogP contribution in [0.2, 0.25) is 0 Å². The number of rotatable bonds is 4. The molecule has 1 atom stereocenters. The second-order valence-corrected chi connectivity index (χ2v) is 3.70. The van der Waals surface area contributed by atoms with Gasteiger partial charge in [0.25, 0.3) is 5.91 Å². The summed E-state index contributed by atoms with van der Waals surface area (Å²) in [5.74, 6) is -0.0906. The minimum absolute atomic E-state index is 0.0906. The highest BCUT2D eigenvalue weighted by Crippen LogP contribution is 2.01. The Kier molecular flexibility index (Phi) is 4.24. The molecule has 0 saturated carbocycles. The second kappa shape index (κ2) is 5.46. The van der Waals surface area contributed by atoms with Crippen molar-refractivity contribution in [1.29, 1.82) is 0 Å². The summed E-state index contributed by atoms with van der Waals surface area (Å²) in [4.78, 5) is 15.7. The Morgan fingerprint density at radius 2 is 2.33 bits per heavy atom. The zero-order chi connectivity index (χ0) is 11.3. The Labute approximate surface area is 89.9 Å². The maximum Gasteiger partial charge on any atom is 0.253 e. The smallest absolute Gasteiger partial charge is 0.253 e. The summed E-state index contributed by atoms with van der Waals surface area (Å²) in [6.07, 6.45) is 4.07. The molecule has 0 saturated heterocycles. The van der Waals surface area contributed by atoms with Gasteiger partial charge in [-0.15, -0.1) is 0 Å². The Morgan fingerprint density at radius 3 is 2.93 bits per heavy atom. The fraction of sp³-hybridized carbons (Fsp3) is 0.455. The van der Waals surface area contributed by atoms with Gasteiger partial charge in [0.1, 0.15) is 0 Å². The van der Waals surface area contributed by atoms with Crippen LogP contribution in [0.1, 0.15) is 29.3 Å². The summed E-state index contributed by atoms with van der Waals surface area (Å²) in [6.45, 7) is 4.43. The molecule has 0 aromatic carbocycles. The third kappa shape index (κ3) is 3.67. The van der Waals surface area contributed by atoms with Gasteiger partial charge in [0, 0.05) is 18.4 Å². The number of amides is 1. The predicted octanol–water partition coefficient (Wildman–Crippen LogP) is 0.857. The molecule has 0 radical (unpaired) electrons.